The first kappa shape index (κ1) is 14.6. The van der Waals surface area contributed by atoms with Crippen LogP contribution in [0.2, 0.25) is 5.02 Å². The molecule has 5 nitrogen and oxygen atoms in total. The SMILES string of the molecule is Nc1ccc(Cl)c(NS(=O)(=O)CCc2ccncc2)c1. The van der Waals surface area contributed by atoms with Crippen molar-refractivity contribution in [2.75, 3.05) is 16.2 Å². The van der Waals surface area contributed by atoms with Crippen molar-refractivity contribution in [3.8, 4) is 0 Å². The minimum atomic E-state index is -3.48. The van der Waals surface area contributed by atoms with E-state index in [1.54, 1.807) is 36.7 Å². The van der Waals surface area contributed by atoms with Crippen LogP contribution in [0.5, 0.6) is 0 Å². The number of nitrogens with zero attached hydrogens (tertiary/aromatic N) is 1. The fourth-order valence-corrected chi connectivity index (χ4v) is 2.97. The van der Waals surface area contributed by atoms with Gasteiger partial charge < -0.3 is 5.73 Å². The Labute approximate surface area is 122 Å². The molecule has 0 bridgehead atoms. The largest absolute Gasteiger partial charge is 0.399 e. The molecule has 0 radical (unpaired) electrons. The molecule has 0 aliphatic carbocycles. The van der Waals surface area contributed by atoms with Gasteiger partial charge in [-0.05, 0) is 42.3 Å². The van der Waals surface area contributed by atoms with Gasteiger partial charge in [-0.25, -0.2) is 8.42 Å². The zero-order chi connectivity index (χ0) is 14.6. The maximum Gasteiger partial charge on any atom is 0.233 e. The minimum Gasteiger partial charge on any atom is -0.399 e. The van der Waals surface area contributed by atoms with Crippen LogP contribution in [0.4, 0.5) is 11.4 Å². The zero-order valence-corrected chi connectivity index (χ0v) is 12.2. The molecule has 0 unspecified atom stereocenters. The topological polar surface area (TPSA) is 85.1 Å². The van der Waals surface area contributed by atoms with Gasteiger partial charge in [-0.1, -0.05) is 11.6 Å². The van der Waals surface area contributed by atoms with Crippen LogP contribution in [-0.4, -0.2) is 19.2 Å². The van der Waals surface area contributed by atoms with E-state index in [4.69, 9.17) is 17.3 Å². The molecule has 1 heterocycles. The van der Waals surface area contributed by atoms with E-state index in [-0.39, 0.29) is 5.75 Å². The lowest BCUT2D eigenvalue weighted by Crippen LogP contribution is -2.18. The quantitative estimate of drug-likeness (QED) is 0.830. The molecule has 7 heteroatoms. The molecule has 1 aromatic heterocycles. The number of aromatic nitrogens is 1. The summed E-state index contributed by atoms with van der Waals surface area (Å²) in [5.74, 6) is -0.0395. The van der Waals surface area contributed by atoms with E-state index < -0.39 is 10.0 Å². The molecule has 0 saturated heterocycles. The number of hydrogen-bond donors (Lipinski definition) is 2. The maximum absolute atomic E-state index is 12.0. The summed E-state index contributed by atoms with van der Waals surface area (Å²) in [5, 5.41) is 0.312. The number of hydrogen-bond acceptors (Lipinski definition) is 4. The molecule has 0 amide bonds. The molecule has 0 aliphatic rings. The Balaban J connectivity index is 2.06. The van der Waals surface area contributed by atoms with Crippen molar-refractivity contribution in [2.45, 2.75) is 6.42 Å². The van der Waals surface area contributed by atoms with E-state index in [0.717, 1.165) is 5.56 Å². The van der Waals surface area contributed by atoms with Gasteiger partial charge in [0.15, 0.2) is 0 Å². The first-order chi connectivity index (χ1) is 9.46. The fourth-order valence-electron chi connectivity index (χ4n) is 1.64. The number of nitrogen functional groups attached to an aromatic ring is 1. The van der Waals surface area contributed by atoms with Crippen LogP contribution < -0.4 is 10.5 Å². The van der Waals surface area contributed by atoms with Gasteiger partial charge in [0.25, 0.3) is 0 Å². The molecule has 1 aromatic carbocycles. The highest BCUT2D eigenvalue weighted by atomic mass is 35.5. The molecule has 0 spiro atoms. The highest BCUT2D eigenvalue weighted by Crippen LogP contribution is 2.25. The number of rotatable bonds is 5. The summed E-state index contributed by atoms with van der Waals surface area (Å²) in [6.45, 7) is 0. The number of nitrogens with two attached hydrogens (primary N) is 1. The summed E-state index contributed by atoms with van der Waals surface area (Å²) >= 11 is 5.93. The van der Waals surface area contributed by atoms with Crippen LogP contribution >= 0.6 is 11.6 Å². The van der Waals surface area contributed by atoms with E-state index in [0.29, 0.717) is 22.8 Å². The third kappa shape index (κ3) is 4.11. The maximum atomic E-state index is 12.0. The Bertz CT molecular complexity index is 690. The minimum absolute atomic E-state index is 0.0395. The van der Waals surface area contributed by atoms with Crippen LogP contribution in [0, 0.1) is 0 Å². The highest BCUT2D eigenvalue weighted by molar-refractivity contribution is 7.92. The molecule has 0 atom stereocenters. The monoisotopic (exact) mass is 311 g/mol. The van der Waals surface area contributed by atoms with E-state index >= 15 is 0 Å². The average Bonchev–Trinajstić information content (AvgIpc) is 2.42. The molecule has 2 rings (SSSR count). The van der Waals surface area contributed by atoms with Crippen molar-refractivity contribution in [3.63, 3.8) is 0 Å². The van der Waals surface area contributed by atoms with Crippen LogP contribution in [0.15, 0.2) is 42.7 Å². The van der Waals surface area contributed by atoms with Crippen LogP contribution in [0.1, 0.15) is 5.56 Å². The summed E-state index contributed by atoms with van der Waals surface area (Å²) in [5.41, 5.74) is 7.26. The number of anilines is 2. The number of pyridine rings is 1. The summed E-state index contributed by atoms with van der Waals surface area (Å²) in [6.07, 6.45) is 3.66. The average molecular weight is 312 g/mol. The third-order valence-electron chi connectivity index (χ3n) is 2.66. The molecule has 3 N–H and O–H groups in total. The number of benzene rings is 1. The van der Waals surface area contributed by atoms with Gasteiger partial charge >= 0.3 is 0 Å². The molecule has 106 valence electrons. The number of halogens is 1. The van der Waals surface area contributed by atoms with Gasteiger partial charge in [-0.2, -0.15) is 0 Å². The Morgan fingerprint density at radius 2 is 1.90 bits per heavy atom. The van der Waals surface area contributed by atoms with Crippen molar-refractivity contribution < 1.29 is 8.42 Å². The Morgan fingerprint density at radius 1 is 1.20 bits per heavy atom. The van der Waals surface area contributed by atoms with E-state index in [1.807, 2.05) is 0 Å². The van der Waals surface area contributed by atoms with Crippen molar-refractivity contribution in [2.24, 2.45) is 0 Å². The molecule has 0 fully saturated rings. The molecular weight excluding hydrogens is 298 g/mol. The summed E-state index contributed by atoms with van der Waals surface area (Å²) < 4.78 is 26.5. The number of aryl methyl sites for hydroxylation is 1. The predicted octanol–water partition coefficient (Wildman–Crippen LogP) is 2.30. The van der Waals surface area contributed by atoms with Gasteiger partial charge in [-0.15, -0.1) is 0 Å². The van der Waals surface area contributed by atoms with Crippen LogP contribution in [0.25, 0.3) is 0 Å². The highest BCUT2D eigenvalue weighted by Gasteiger charge is 2.13. The van der Waals surface area contributed by atoms with Crippen LogP contribution in [-0.2, 0) is 16.4 Å². The van der Waals surface area contributed by atoms with Crippen molar-refractivity contribution in [3.05, 3.63) is 53.3 Å². The second kappa shape index (κ2) is 6.11. The van der Waals surface area contributed by atoms with Gasteiger partial charge in [0.2, 0.25) is 10.0 Å². The molecular formula is C13H14ClN3O2S. The fraction of sp³-hybridized carbons (Fsp3) is 0.154. The second-order valence-corrected chi connectivity index (χ2v) is 6.51. The summed E-state index contributed by atoms with van der Waals surface area (Å²) in [6, 6.07) is 8.22. The Morgan fingerprint density at radius 3 is 2.60 bits per heavy atom. The standard InChI is InChI=1S/C13H14ClN3O2S/c14-12-2-1-11(15)9-13(12)17-20(18,19)8-5-10-3-6-16-7-4-10/h1-4,6-7,9,17H,5,8,15H2. The van der Waals surface area contributed by atoms with Crippen molar-refractivity contribution in [1.82, 2.24) is 4.98 Å². The number of nitrogens with one attached hydrogen (secondary N) is 1. The first-order valence-corrected chi connectivity index (χ1v) is 7.94. The molecule has 0 aliphatic heterocycles. The normalized spacial score (nSPS) is 11.2. The third-order valence-corrected chi connectivity index (χ3v) is 4.27. The number of sulfonamides is 1. The smallest absolute Gasteiger partial charge is 0.233 e. The zero-order valence-electron chi connectivity index (χ0n) is 10.6. The van der Waals surface area contributed by atoms with Crippen LogP contribution in [0.3, 0.4) is 0 Å². The van der Waals surface area contributed by atoms with Gasteiger partial charge in [0.1, 0.15) is 0 Å². The first-order valence-electron chi connectivity index (χ1n) is 5.91. The van der Waals surface area contributed by atoms with Crippen molar-refractivity contribution >= 4 is 33.0 Å². The van der Waals surface area contributed by atoms with Gasteiger partial charge in [-0.3, -0.25) is 9.71 Å². The predicted molar refractivity (Wildman–Crippen MR) is 81.2 cm³/mol. The molecule has 20 heavy (non-hydrogen) atoms. The lowest BCUT2D eigenvalue weighted by molar-refractivity contribution is 0.600. The van der Waals surface area contributed by atoms with Crippen molar-refractivity contribution in [1.29, 1.82) is 0 Å². The van der Waals surface area contributed by atoms with E-state index in [2.05, 4.69) is 9.71 Å². The summed E-state index contributed by atoms with van der Waals surface area (Å²) in [7, 11) is -3.48. The van der Waals surface area contributed by atoms with E-state index in [9.17, 15) is 8.42 Å². The lowest BCUT2D eigenvalue weighted by atomic mass is 10.2. The van der Waals surface area contributed by atoms with Gasteiger partial charge in [0.05, 0.1) is 16.5 Å². The molecule has 2 aromatic rings. The second-order valence-electron chi connectivity index (χ2n) is 4.27. The Kier molecular flexibility index (Phi) is 4.46. The summed E-state index contributed by atoms with van der Waals surface area (Å²) in [4.78, 5) is 3.88. The van der Waals surface area contributed by atoms with Gasteiger partial charge in [0, 0.05) is 18.1 Å². The van der Waals surface area contributed by atoms with E-state index in [1.165, 1.54) is 6.07 Å². The lowest BCUT2D eigenvalue weighted by Gasteiger charge is -2.10. The molecule has 0 saturated carbocycles. The Hall–Kier alpha value is -1.79.